The first-order chi connectivity index (χ1) is 13.4. The standard InChI is InChI=1S/C22H24ClF4NO/c1-14(11-16-5-8-18(24)9-6-16)21(29,15(2)13-28(3)4)17-7-10-20(23)19(12-17)22(25,26)27/h5-12,15,29H,13H2,1-4H3. The van der Waals surface area contributed by atoms with Crippen LogP contribution in [0.1, 0.15) is 30.5 Å². The van der Waals surface area contributed by atoms with E-state index < -0.39 is 34.1 Å². The Kier molecular flexibility index (Phi) is 7.14. The lowest BCUT2D eigenvalue weighted by atomic mass is 9.76. The molecule has 2 aromatic carbocycles. The summed E-state index contributed by atoms with van der Waals surface area (Å²) in [5.74, 6) is -0.847. The Labute approximate surface area is 173 Å². The molecule has 0 aliphatic heterocycles. The summed E-state index contributed by atoms with van der Waals surface area (Å²) in [6, 6.07) is 9.11. The van der Waals surface area contributed by atoms with Crippen LogP contribution < -0.4 is 0 Å². The predicted molar refractivity (Wildman–Crippen MR) is 108 cm³/mol. The second kappa shape index (κ2) is 8.86. The van der Waals surface area contributed by atoms with Crippen LogP contribution >= 0.6 is 11.6 Å². The molecule has 2 unspecified atom stereocenters. The van der Waals surface area contributed by atoms with Gasteiger partial charge in [-0.15, -0.1) is 0 Å². The highest BCUT2D eigenvalue weighted by molar-refractivity contribution is 6.31. The van der Waals surface area contributed by atoms with Gasteiger partial charge in [-0.05, 0) is 62.0 Å². The van der Waals surface area contributed by atoms with Gasteiger partial charge in [0.25, 0.3) is 0 Å². The van der Waals surface area contributed by atoms with E-state index in [-0.39, 0.29) is 5.56 Å². The Balaban J connectivity index is 2.64. The Morgan fingerprint density at radius 2 is 1.72 bits per heavy atom. The first-order valence-corrected chi connectivity index (χ1v) is 9.42. The van der Waals surface area contributed by atoms with E-state index in [1.807, 2.05) is 19.0 Å². The molecule has 29 heavy (non-hydrogen) atoms. The van der Waals surface area contributed by atoms with Crippen LogP contribution in [0.15, 0.2) is 48.0 Å². The summed E-state index contributed by atoms with van der Waals surface area (Å²) < 4.78 is 53.4. The fourth-order valence-electron chi connectivity index (χ4n) is 3.48. The fourth-order valence-corrected chi connectivity index (χ4v) is 3.70. The molecule has 0 bridgehead atoms. The summed E-state index contributed by atoms with van der Waals surface area (Å²) in [5, 5.41) is 11.3. The van der Waals surface area contributed by atoms with Crippen molar-refractivity contribution in [3.05, 3.63) is 75.6 Å². The minimum absolute atomic E-state index is 0.0967. The zero-order chi connectivity index (χ0) is 22.0. The summed E-state index contributed by atoms with van der Waals surface area (Å²) in [4.78, 5) is 1.85. The number of alkyl halides is 3. The molecular formula is C22H24ClF4NO. The third-order valence-corrected chi connectivity index (χ3v) is 5.25. The van der Waals surface area contributed by atoms with Gasteiger partial charge in [0.2, 0.25) is 0 Å². The van der Waals surface area contributed by atoms with E-state index in [0.29, 0.717) is 17.7 Å². The van der Waals surface area contributed by atoms with E-state index in [0.717, 1.165) is 12.1 Å². The molecule has 0 amide bonds. The van der Waals surface area contributed by atoms with Gasteiger partial charge in [0.05, 0.1) is 10.6 Å². The van der Waals surface area contributed by atoms with E-state index in [2.05, 4.69) is 0 Å². The van der Waals surface area contributed by atoms with Crippen LogP contribution in [0.3, 0.4) is 0 Å². The SMILES string of the molecule is CC(=Cc1ccc(F)cc1)C(O)(c1ccc(Cl)c(C(F)(F)F)c1)C(C)CN(C)C. The average Bonchev–Trinajstić information content (AvgIpc) is 2.61. The van der Waals surface area contributed by atoms with Crippen LogP contribution in [-0.2, 0) is 11.8 Å². The molecule has 0 spiro atoms. The maximum atomic E-state index is 13.4. The highest BCUT2D eigenvalue weighted by atomic mass is 35.5. The normalized spacial score (nSPS) is 16.0. The molecule has 2 aromatic rings. The van der Waals surface area contributed by atoms with Crippen LogP contribution in [0.2, 0.25) is 5.02 Å². The lowest BCUT2D eigenvalue weighted by molar-refractivity contribution is -0.137. The summed E-state index contributed by atoms with van der Waals surface area (Å²) in [6.45, 7) is 3.84. The van der Waals surface area contributed by atoms with Crippen LogP contribution in [-0.4, -0.2) is 30.6 Å². The summed E-state index contributed by atoms with van der Waals surface area (Å²) in [7, 11) is 3.64. The van der Waals surface area contributed by atoms with Crippen molar-refractivity contribution >= 4 is 17.7 Å². The molecule has 2 nitrogen and oxygen atoms in total. The lowest BCUT2D eigenvalue weighted by Gasteiger charge is -2.38. The van der Waals surface area contributed by atoms with Gasteiger partial charge in [0.1, 0.15) is 11.4 Å². The van der Waals surface area contributed by atoms with Gasteiger partial charge in [-0.2, -0.15) is 13.2 Å². The average molecular weight is 430 g/mol. The molecule has 1 N–H and O–H groups in total. The smallest absolute Gasteiger partial charge is 0.380 e. The highest BCUT2D eigenvalue weighted by Gasteiger charge is 2.41. The quantitative estimate of drug-likeness (QED) is 0.570. The molecule has 0 aromatic heterocycles. The van der Waals surface area contributed by atoms with E-state index in [9.17, 15) is 22.7 Å². The van der Waals surface area contributed by atoms with Crippen molar-refractivity contribution in [1.29, 1.82) is 0 Å². The second-order valence-electron chi connectivity index (χ2n) is 7.50. The van der Waals surface area contributed by atoms with Crippen molar-refractivity contribution in [2.24, 2.45) is 5.92 Å². The summed E-state index contributed by atoms with van der Waals surface area (Å²) in [6.07, 6.45) is -3.00. The van der Waals surface area contributed by atoms with Gasteiger partial charge in [-0.1, -0.05) is 42.8 Å². The van der Waals surface area contributed by atoms with Gasteiger partial charge in [0, 0.05) is 12.5 Å². The van der Waals surface area contributed by atoms with Gasteiger partial charge < -0.3 is 10.0 Å². The van der Waals surface area contributed by atoms with E-state index in [4.69, 9.17) is 11.6 Å². The Morgan fingerprint density at radius 3 is 2.24 bits per heavy atom. The van der Waals surface area contributed by atoms with Crippen molar-refractivity contribution in [3.63, 3.8) is 0 Å². The highest BCUT2D eigenvalue weighted by Crippen LogP contribution is 2.42. The van der Waals surface area contributed by atoms with Gasteiger partial charge in [-0.25, -0.2) is 4.39 Å². The monoisotopic (exact) mass is 429 g/mol. The number of halogens is 5. The van der Waals surface area contributed by atoms with Crippen LogP contribution in [0.4, 0.5) is 17.6 Å². The molecule has 0 aliphatic rings. The molecule has 0 radical (unpaired) electrons. The zero-order valence-corrected chi connectivity index (χ0v) is 17.4. The molecule has 0 heterocycles. The lowest BCUT2D eigenvalue weighted by Crippen LogP contribution is -2.40. The minimum atomic E-state index is -4.65. The molecule has 2 atom stereocenters. The number of nitrogens with zero attached hydrogens (tertiary/aromatic N) is 1. The summed E-state index contributed by atoms with van der Waals surface area (Å²) in [5.41, 5.74) is -1.53. The predicted octanol–water partition coefficient (Wildman–Crippen LogP) is 5.99. The number of rotatable bonds is 6. The number of aliphatic hydroxyl groups is 1. The van der Waals surface area contributed by atoms with Crippen molar-refractivity contribution in [3.8, 4) is 0 Å². The fraction of sp³-hybridized carbons (Fsp3) is 0.364. The van der Waals surface area contributed by atoms with Crippen LogP contribution in [0.25, 0.3) is 6.08 Å². The molecular weight excluding hydrogens is 406 g/mol. The zero-order valence-electron chi connectivity index (χ0n) is 16.7. The van der Waals surface area contributed by atoms with Gasteiger partial charge >= 0.3 is 6.18 Å². The van der Waals surface area contributed by atoms with Crippen molar-refractivity contribution in [1.82, 2.24) is 4.90 Å². The maximum Gasteiger partial charge on any atom is 0.417 e. The van der Waals surface area contributed by atoms with Crippen LogP contribution in [0.5, 0.6) is 0 Å². The van der Waals surface area contributed by atoms with E-state index in [1.54, 1.807) is 32.1 Å². The van der Waals surface area contributed by atoms with E-state index >= 15 is 0 Å². The largest absolute Gasteiger partial charge is 0.417 e. The first-order valence-electron chi connectivity index (χ1n) is 9.04. The third-order valence-electron chi connectivity index (χ3n) is 4.92. The third kappa shape index (κ3) is 5.38. The van der Waals surface area contributed by atoms with Gasteiger partial charge in [0.15, 0.2) is 0 Å². The number of hydrogen-bond acceptors (Lipinski definition) is 2. The van der Waals surface area contributed by atoms with Crippen LogP contribution in [0, 0.1) is 11.7 Å². The minimum Gasteiger partial charge on any atom is -0.380 e. The molecule has 7 heteroatoms. The topological polar surface area (TPSA) is 23.5 Å². The molecule has 0 saturated carbocycles. The number of hydrogen-bond donors (Lipinski definition) is 1. The van der Waals surface area contributed by atoms with Crippen molar-refractivity contribution < 1.29 is 22.7 Å². The number of benzene rings is 2. The van der Waals surface area contributed by atoms with E-state index in [1.165, 1.54) is 18.2 Å². The Hall–Kier alpha value is -1.89. The molecule has 0 aliphatic carbocycles. The first kappa shape index (κ1) is 23.4. The maximum absolute atomic E-state index is 13.4. The molecule has 0 fully saturated rings. The molecule has 0 saturated heterocycles. The second-order valence-corrected chi connectivity index (χ2v) is 7.91. The van der Waals surface area contributed by atoms with Crippen molar-refractivity contribution in [2.75, 3.05) is 20.6 Å². The Morgan fingerprint density at radius 1 is 1.14 bits per heavy atom. The Bertz CT molecular complexity index is 877. The van der Waals surface area contributed by atoms with Gasteiger partial charge in [-0.3, -0.25) is 0 Å². The molecule has 2 rings (SSSR count). The molecule has 158 valence electrons. The summed E-state index contributed by atoms with van der Waals surface area (Å²) >= 11 is 5.76. The van der Waals surface area contributed by atoms with Crippen molar-refractivity contribution in [2.45, 2.75) is 25.6 Å².